The number of halogens is 2. The summed E-state index contributed by atoms with van der Waals surface area (Å²) in [5, 5.41) is 8.09. The number of hydrogen-bond acceptors (Lipinski definition) is 7. The van der Waals surface area contributed by atoms with Crippen LogP contribution >= 0.6 is 11.8 Å². The Labute approximate surface area is 221 Å². The highest BCUT2D eigenvalue weighted by molar-refractivity contribution is 8.11. The maximum atomic E-state index is 12.9. The summed E-state index contributed by atoms with van der Waals surface area (Å²) in [6, 6.07) is 12.5. The fraction of sp³-hybridized carbons (Fsp3) is 0.308. The SMILES string of the molecule is C=C(C)S/C(=C(\C)Oc1ccc(NS(=O)C(F)F)c2ccccc12)c1ccnc(NC2CCCNC2)n1. The van der Waals surface area contributed by atoms with E-state index >= 15 is 0 Å². The maximum Gasteiger partial charge on any atom is 0.330 e. The van der Waals surface area contributed by atoms with Crippen molar-refractivity contribution < 1.29 is 17.7 Å². The predicted molar refractivity (Wildman–Crippen MR) is 149 cm³/mol. The molecule has 11 heteroatoms. The highest BCUT2D eigenvalue weighted by Gasteiger charge is 2.18. The van der Waals surface area contributed by atoms with Crippen LogP contribution < -0.4 is 20.1 Å². The lowest BCUT2D eigenvalue weighted by Gasteiger charge is -2.24. The number of rotatable bonds is 10. The molecule has 3 N–H and O–H groups in total. The third kappa shape index (κ3) is 7.06. The number of anilines is 2. The van der Waals surface area contributed by atoms with Crippen molar-refractivity contribution in [1.29, 1.82) is 0 Å². The van der Waals surface area contributed by atoms with Gasteiger partial charge in [-0.3, -0.25) is 4.72 Å². The second kappa shape index (κ2) is 12.5. The number of benzene rings is 2. The third-order valence-electron chi connectivity index (χ3n) is 5.63. The molecule has 1 saturated heterocycles. The molecule has 0 saturated carbocycles. The summed E-state index contributed by atoms with van der Waals surface area (Å²) >= 11 is 1.45. The van der Waals surface area contributed by atoms with E-state index in [1.807, 2.05) is 32.0 Å². The molecule has 0 aliphatic carbocycles. The van der Waals surface area contributed by atoms with Gasteiger partial charge in [-0.2, -0.15) is 8.78 Å². The third-order valence-corrected chi connectivity index (χ3v) is 7.43. The van der Waals surface area contributed by atoms with Crippen LogP contribution in [0.1, 0.15) is 32.4 Å². The van der Waals surface area contributed by atoms with E-state index in [0.717, 1.165) is 35.7 Å². The lowest BCUT2D eigenvalue weighted by molar-refractivity contribution is 0.244. The molecule has 1 aliphatic rings. The Morgan fingerprint density at radius 2 is 2.00 bits per heavy atom. The fourth-order valence-electron chi connectivity index (χ4n) is 4.00. The van der Waals surface area contributed by atoms with Crippen molar-refractivity contribution in [3.05, 3.63) is 71.6 Å². The lowest BCUT2D eigenvalue weighted by atomic mass is 10.1. The molecule has 2 heterocycles. The largest absolute Gasteiger partial charge is 0.460 e. The molecular weight excluding hydrogens is 516 g/mol. The molecule has 2 atom stereocenters. The lowest BCUT2D eigenvalue weighted by Crippen LogP contribution is -2.38. The molecule has 2 unspecified atom stereocenters. The van der Waals surface area contributed by atoms with E-state index in [9.17, 15) is 13.0 Å². The predicted octanol–water partition coefficient (Wildman–Crippen LogP) is 6.13. The number of allylic oxidation sites excluding steroid dienone is 2. The first-order valence-corrected chi connectivity index (χ1v) is 13.8. The minimum atomic E-state index is -3.00. The summed E-state index contributed by atoms with van der Waals surface area (Å²) in [5.41, 5.74) is 1.03. The normalized spacial score (nSPS) is 17.3. The van der Waals surface area contributed by atoms with Gasteiger partial charge in [0, 0.05) is 29.6 Å². The van der Waals surface area contributed by atoms with Crippen LogP contribution in [0.15, 0.2) is 65.9 Å². The van der Waals surface area contributed by atoms with E-state index in [2.05, 4.69) is 26.9 Å². The Bertz CT molecular complexity index is 1330. The molecule has 3 aromatic rings. The topological polar surface area (TPSA) is 88.2 Å². The van der Waals surface area contributed by atoms with E-state index in [1.165, 1.54) is 11.8 Å². The molecule has 2 aromatic carbocycles. The van der Waals surface area contributed by atoms with Gasteiger partial charge in [0.2, 0.25) is 5.95 Å². The van der Waals surface area contributed by atoms with E-state index in [4.69, 9.17) is 9.72 Å². The van der Waals surface area contributed by atoms with Crippen molar-refractivity contribution in [2.45, 2.75) is 38.5 Å². The highest BCUT2D eigenvalue weighted by atomic mass is 32.2. The number of alkyl halides is 2. The molecule has 0 amide bonds. The summed E-state index contributed by atoms with van der Waals surface area (Å²) in [7, 11) is -2.51. The number of nitrogens with zero attached hydrogens (tertiary/aromatic N) is 2. The van der Waals surface area contributed by atoms with Crippen LogP contribution in [0.3, 0.4) is 0 Å². The molecule has 0 bridgehead atoms. The average molecular weight is 546 g/mol. The molecule has 7 nitrogen and oxygen atoms in total. The Morgan fingerprint density at radius 3 is 2.70 bits per heavy atom. The van der Waals surface area contributed by atoms with E-state index in [1.54, 1.807) is 30.5 Å². The Hall–Kier alpha value is -3.02. The quantitative estimate of drug-likeness (QED) is 0.264. The Balaban J connectivity index is 1.66. The van der Waals surface area contributed by atoms with Crippen LogP contribution in [-0.2, 0) is 11.0 Å². The van der Waals surface area contributed by atoms with Gasteiger partial charge in [0.1, 0.15) is 11.5 Å². The van der Waals surface area contributed by atoms with Gasteiger partial charge >= 0.3 is 5.76 Å². The summed E-state index contributed by atoms with van der Waals surface area (Å²) in [4.78, 5) is 10.8. The number of nitrogens with one attached hydrogen (secondary N) is 3. The van der Waals surface area contributed by atoms with Crippen molar-refractivity contribution in [3.8, 4) is 5.75 Å². The van der Waals surface area contributed by atoms with Crippen LogP contribution in [0.25, 0.3) is 15.7 Å². The van der Waals surface area contributed by atoms with Crippen molar-refractivity contribution in [2.75, 3.05) is 23.1 Å². The minimum absolute atomic E-state index is 0.264. The van der Waals surface area contributed by atoms with E-state index in [-0.39, 0.29) is 6.04 Å². The molecule has 196 valence electrons. The number of thioether (sulfide) groups is 1. The van der Waals surface area contributed by atoms with Crippen molar-refractivity contribution in [3.63, 3.8) is 0 Å². The number of fused-ring (bicyclic) bond motifs is 1. The highest BCUT2D eigenvalue weighted by Crippen LogP contribution is 2.38. The van der Waals surface area contributed by atoms with Crippen LogP contribution in [0.2, 0.25) is 0 Å². The second-order valence-corrected chi connectivity index (χ2v) is 11.0. The molecule has 4 rings (SSSR count). The summed E-state index contributed by atoms with van der Waals surface area (Å²) in [5.74, 6) is -1.32. The van der Waals surface area contributed by atoms with Crippen molar-refractivity contribution in [2.24, 2.45) is 0 Å². The van der Waals surface area contributed by atoms with Gasteiger partial charge in [0.05, 0.1) is 16.3 Å². The monoisotopic (exact) mass is 545 g/mol. The van der Waals surface area contributed by atoms with Gasteiger partial charge in [-0.25, -0.2) is 14.2 Å². The smallest absolute Gasteiger partial charge is 0.330 e. The summed E-state index contributed by atoms with van der Waals surface area (Å²) in [6.07, 6.45) is 3.86. The first kappa shape index (κ1) is 27.0. The van der Waals surface area contributed by atoms with Gasteiger partial charge in [-0.05, 0) is 56.3 Å². The average Bonchev–Trinajstić information content (AvgIpc) is 2.89. The standard InChI is InChI=1S/C26H29F2N5O2S2/c1-16(2)36-24(22-12-14-30-26(32-22)31-18-7-6-13-29-15-18)17(3)35-23-11-10-21(33-37(34)25(27)28)19-8-4-5-9-20(19)23/h4-5,8-12,14,18,25,29,33H,1,6-7,13,15H2,2-3H3,(H,30,31,32)/b24-17+. The number of ether oxygens (including phenoxy) is 1. The molecule has 37 heavy (non-hydrogen) atoms. The molecule has 1 aliphatic heterocycles. The van der Waals surface area contributed by atoms with Gasteiger partial charge in [0.15, 0.2) is 11.0 Å². The molecular formula is C26H29F2N5O2S2. The van der Waals surface area contributed by atoms with Gasteiger partial charge in [0.25, 0.3) is 0 Å². The summed E-state index contributed by atoms with van der Waals surface area (Å²) in [6.45, 7) is 9.67. The van der Waals surface area contributed by atoms with Gasteiger partial charge in [-0.1, -0.05) is 42.6 Å². The number of aromatic nitrogens is 2. The zero-order chi connectivity index (χ0) is 26.4. The zero-order valence-corrected chi connectivity index (χ0v) is 22.2. The molecule has 0 spiro atoms. The van der Waals surface area contributed by atoms with Crippen molar-refractivity contribution in [1.82, 2.24) is 15.3 Å². The molecule has 1 fully saturated rings. The van der Waals surface area contributed by atoms with Gasteiger partial charge in [-0.15, -0.1) is 0 Å². The van der Waals surface area contributed by atoms with E-state index < -0.39 is 16.7 Å². The molecule has 0 radical (unpaired) electrons. The summed E-state index contributed by atoms with van der Waals surface area (Å²) < 4.78 is 46.1. The fourth-order valence-corrected chi connectivity index (χ4v) is 5.24. The van der Waals surface area contributed by atoms with E-state index in [0.29, 0.717) is 39.6 Å². The van der Waals surface area contributed by atoms with Crippen LogP contribution in [0.5, 0.6) is 5.75 Å². The van der Waals surface area contributed by atoms with Gasteiger partial charge < -0.3 is 15.4 Å². The Morgan fingerprint density at radius 1 is 1.22 bits per heavy atom. The Kier molecular flexibility index (Phi) is 9.12. The molecule has 1 aromatic heterocycles. The number of hydrogen-bond donors (Lipinski definition) is 3. The first-order chi connectivity index (χ1) is 17.8. The second-order valence-electron chi connectivity index (χ2n) is 8.56. The maximum absolute atomic E-state index is 12.9. The first-order valence-electron chi connectivity index (χ1n) is 11.8. The van der Waals surface area contributed by atoms with Crippen molar-refractivity contribution >= 4 is 50.1 Å². The number of piperidine rings is 1. The minimum Gasteiger partial charge on any atom is -0.460 e. The van der Waals surface area contributed by atoms with Crippen LogP contribution in [-0.4, -0.2) is 39.1 Å². The van der Waals surface area contributed by atoms with Crippen LogP contribution in [0.4, 0.5) is 20.4 Å². The van der Waals surface area contributed by atoms with Crippen LogP contribution in [0, 0.1) is 0 Å². The zero-order valence-electron chi connectivity index (χ0n) is 20.6.